The number of amides is 1. The van der Waals surface area contributed by atoms with E-state index in [0.29, 0.717) is 5.69 Å². The first kappa shape index (κ1) is 18.1. The molecule has 26 heavy (non-hydrogen) atoms. The third-order valence-electron chi connectivity index (χ3n) is 3.86. The Hall–Kier alpha value is -2.71. The molecule has 1 aromatic heterocycles. The maximum absolute atomic E-state index is 12.4. The molecular formula is C18H17N3O3S2. The molecule has 8 heteroatoms. The summed E-state index contributed by atoms with van der Waals surface area (Å²) in [5.41, 5.74) is 2.90. The molecule has 0 aliphatic heterocycles. The maximum Gasteiger partial charge on any atom is 0.275 e. The molecule has 0 fully saturated rings. The third-order valence-corrected chi connectivity index (χ3v) is 6.11. The fourth-order valence-corrected chi connectivity index (χ4v) is 4.24. The molecule has 2 aromatic carbocycles. The smallest absolute Gasteiger partial charge is 0.275 e. The van der Waals surface area contributed by atoms with Crippen molar-refractivity contribution in [2.24, 2.45) is 0 Å². The van der Waals surface area contributed by atoms with Crippen molar-refractivity contribution < 1.29 is 13.2 Å². The van der Waals surface area contributed by atoms with Gasteiger partial charge in [0.25, 0.3) is 15.9 Å². The molecule has 0 unspecified atom stereocenters. The average Bonchev–Trinajstić information content (AvgIpc) is 3.07. The Bertz CT molecular complexity index is 1040. The monoisotopic (exact) mass is 387 g/mol. The highest BCUT2D eigenvalue weighted by atomic mass is 32.2. The predicted octanol–water partition coefficient (Wildman–Crippen LogP) is 3.81. The number of carbonyl (C=O) groups is 1. The van der Waals surface area contributed by atoms with Gasteiger partial charge in [0.1, 0.15) is 5.69 Å². The van der Waals surface area contributed by atoms with E-state index in [9.17, 15) is 13.2 Å². The Labute approximate surface area is 156 Å². The fraction of sp³-hybridized carbons (Fsp3) is 0.111. The van der Waals surface area contributed by atoms with Gasteiger partial charge in [-0.3, -0.25) is 9.52 Å². The van der Waals surface area contributed by atoms with Crippen LogP contribution >= 0.6 is 11.3 Å². The van der Waals surface area contributed by atoms with Gasteiger partial charge in [-0.05, 0) is 43.2 Å². The third kappa shape index (κ3) is 3.92. The summed E-state index contributed by atoms with van der Waals surface area (Å²) >= 11 is 1.06. The van der Waals surface area contributed by atoms with Crippen LogP contribution in [0.5, 0.6) is 0 Å². The Morgan fingerprint density at radius 3 is 2.50 bits per heavy atom. The molecule has 0 aliphatic carbocycles. The van der Waals surface area contributed by atoms with Crippen LogP contribution < -0.4 is 10.0 Å². The van der Waals surface area contributed by atoms with Crippen LogP contribution in [0.15, 0.2) is 58.8 Å². The molecule has 1 amide bonds. The molecule has 0 bridgehead atoms. The Balaban J connectivity index is 1.75. The SMILES string of the molecule is Cc1cccc(NC(=O)c2csc(NS(=O)(=O)c3ccccc3)n2)c1C. The van der Waals surface area contributed by atoms with Gasteiger partial charge in [-0.1, -0.05) is 30.3 Å². The normalized spacial score (nSPS) is 11.2. The number of hydrogen-bond acceptors (Lipinski definition) is 5. The van der Waals surface area contributed by atoms with E-state index in [1.54, 1.807) is 18.2 Å². The minimum atomic E-state index is -3.73. The zero-order chi connectivity index (χ0) is 18.7. The van der Waals surface area contributed by atoms with Gasteiger partial charge in [0.2, 0.25) is 0 Å². The van der Waals surface area contributed by atoms with E-state index in [1.165, 1.54) is 17.5 Å². The number of anilines is 2. The summed E-state index contributed by atoms with van der Waals surface area (Å²) in [4.78, 5) is 16.6. The van der Waals surface area contributed by atoms with Crippen LogP contribution in [0.2, 0.25) is 0 Å². The highest BCUT2D eigenvalue weighted by Crippen LogP contribution is 2.22. The number of carbonyl (C=O) groups excluding carboxylic acids is 1. The van der Waals surface area contributed by atoms with E-state index in [0.717, 1.165) is 22.5 Å². The molecule has 2 N–H and O–H groups in total. The van der Waals surface area contributed by atoms with Crippen LogP contribution in [-0.4, -0.2) is 19.3 Å². The lowest BCUT2D eigenvalue weighted by atomic mass is 10.1. The second-order valence-electron chi connectivity index (χ2n) is 5.66. The second kappa shape index (κ2) is 7.27. The number of aryl methyl sites for hydroxylation is 1. The summed E-state index contributed by atoms with van der Waals surface area (Å²) in [5.74, 6) is -0.389. The molecular weight excluding hydrogens is 370 g/mol. The number of hydrogen-bond donors (Lipinski definition) is 2. The van der Waals surface area contributed by atoms with E-state index >= 15 is 0 Å². The number of nitrogens with one attached hydrogen (secondary N) is 2. The van der Waals surface area contributed by atoms with E-state index in [1.807, 2.05) is 32.0 Å². The number of rotatable bonds is 5. The molecule has 0 saturated heterocycles. The first-order chi connectivity index (χ1) is 12.4. The van der Waals surface area contributed by atoms with Crippen molar-refractivity contribution in [1.82, 2.24) is 4.98 Å². The van der Waals surface area contributed by atoms with Crippen molar-refractivity contribution >= 4 is 38.1 Å². The molecule has 0 radical (unpaired) electrons. The van der Waals surface area contributed by atoms with Gasteiger partial charge in [0.15, 0.2) is 5.13 Å². The van der Waals surface area contributed by atoms with Crippen LogP contribution in [0.4, 0.5) is 10.8 Å². The van der Waals surface area contributed by atoms with Crippen molar-refractivity contribution in [1.29, 1.82) is 0 Å². The topological polar surface area (TPSA) is 88.2 Å². The Morgan fingerprint density at radius 1 is 1.04 bits per heavy atom. The lowest BCUT2D eigenvalue weighted by Crippen LogP contribution is -2.15. The van der Waals surface area contributed by atoms with Crippen LogP contribution in [0, 0.1) is 13.8 Å². The van der Waals surface area contributed by atoms with Crippen molar-refractivity contribution in [2.75, 3.05) is 10.0 Å². The van der Waals surface area contributed by atoms with Crippen molar-refractivity contribution in [3.63, 3.8) is 0 Å². The first-order valence-corrected chi connectivity index (χ1v) is 10.1. The Kier molecular flexibility index (Phi) is 5.06. The molecule has 0 atom stereocenters. The molecule has 3 rings (SSSR count). The zero-order valence-electron chi connectivity index (χ0n) is 14.2. The van der Waals surface area contributed by atoms with Crippen LogP contribution in [0.25, 0.3) is 0 Å². The van der Waals surface area contributed by atoms with Gasteiger partial charge in [-0.15, -0.1) is 11.3 Å². The molecule has 134 valence electrons. The van der Waals surface area contributed by atoms with Gasteiger partial charge < -0.3 is 5.32 Å². The van der Waals surface area contributed by atoms with Crippen molar-refractivity contribution in [3.05, 3.63) is 70.7 Å². The number of benzene rings is 2. The van der Waals surface area contributed by atoms with E-state index < -0.39 is 10.0 Å². The molecule has 0 saturated carbocycles. The van der Waals surface area contributed by atoms with Gasteiger partial charge in [0.05, 0.1) is 4.90 Å². The molecule has 6 nitrogen and oxygen atoms in total. The summed E-state index contributed by atoms with van der Waals surface area (Å²) in [6.45, 7) is 3.88. The number of aromatic nitrogens is 1. The average molecular weight is 387 g/mol. The van der Waals surface area contributed by atoms with Gasteiger partial charge in [-0.25, -0.2) is 13.4 Å². The van der Waals surface area contributed by atoms with E-state index in [-0.39, 0.29) is 21.6 Å². The van der Waals surface area contributed by atoms with Crippen LogP contribution in [-0.2, 0) is 10.0 Å². The second-order valence-corrected chi connectivity index (χ2v) is 8.20. The standard InChI is InChI=1S/C18H17N3O3S2/c1-12-7-6-10-15(13(12)2)19-17(22)16-11-25-18(20-16)21-26(23,24)14-8-4-3-5-9-14/h3-11H,1-2H3,(H,19,22)(H,20,21). The van der Waals surface area contributed by atoms with Gasteiger partial charge in [0, 0.05) is 11.1 Å². The Morgan fingerprint density at radius 2 is 1.77 bits per heavy atom. The van der Waals surface area contributed by atoms with E-state index in [4.69, 9.17) is 0 Å². The molecule has 0 spiro atoms. The zero-order valence-corrected chi connectivity index (χ0v) is 15.8. The molecule has 3 aromatic rings. The lowest BCUT2D eigenvalue weighted by molar-refractivity contribution is 0.102. The maximum atomic E-state index is 12.4. The lowest BCUT2D eigenvalue weighted by Gasteiger charge is -2.09. The fourth-order valence-electron chi connectivity index (χ4n) is 2.27. The van der Waals surface area contributed by atoms with E-state index in [2.05, 4.69) is 15.0 Å². The summed E-state index contributed by atoms with van der Waals surface area (Å²) in [5, 5.41) is 4.46. The summed E-state index contributed by atoms with van der Waals surface area (Å²) in [6.07, 6.45) is 0. The molecule has 0 aliphatic rings. The minimum absolute atomic E-state index is 0.136. The highest BCUT2D eigenvalue weighted by molar-refractivity contribution is 7.93. The number of nitrogens with zero attached hydrogens (tertiary/aromatic N) is 1. The molecule has 1 heterocycles. The summed E-state index contributed by atoms with van der Waals surface area (Å²) in [6, 6.07) is 13.6. The van der Waals surface area contributed by atoms with Gasteiger partial charge >= 0.3 is 0 Å². The van der Waals surface area contributed by atoms with Crippen molar-refractivity contribution in [2.45, 2.75) is 18.7 Å². The minimum Gasteiger partial charge on any atom is -0.320 e. The summed E-state index contributed by atoms with van der Waals surface area (Å²) in [7, 11) is -3.73. The number of thiazole rings is 1. The predicted molar refractivity (Wildman–Crippen MR) is 103 cm³/mol. The van der Waals surface area contributed by atoms with Gasteiger partial charge in [-0.2, -0.15) is 0 Å². The largest absolute Gasteiger partial charge is 0.320 e. The highest BCUT2D eigenvalue weighted by Gasteiger charge is 2.18. The van der Waals surface area contributed by atoms with Crippen molar-refractivity contribution in [3.8, 4) is 0 Å². The quantitative estimate of drug-likeness (QED) is 0.697. The van der Waals surface area contributed by atoms with Crippen LogP contribution in [0.3, 0.4) is 0 Å². The first-order valence-electron chi connectivity index (χ1n) is 7.78. The van der Waals surface area contributed by atoms with Crippen LogP contribution in [0.1, 0.15) is 21.6 Å². The summed E-state index contributed by atoms with van der Waals surface area (Å²) < 4.78 is 27.0. The number of sulfonamides is 1.